The van der Waals surface area contributed by atoms with E-state index >= 15 is 0 Å². The molecule has 0 bridgehead atoms. The molecular weight excluding hydrogens is 713 g/mol. The van der Waals surface area contributed by atoms with E-state index in [1.54, 1.807) is 4.90 Å². The Morgan fingerprint density at radius 3 is 1.67 bits per heavy atom. The topological polar surface area (TPSA) is 100 Å². The van der Waals surface area contributed by atoms with E-state index in [-0.39, 0.29) is 12.2 Å². The molecule has 276 valence electrons. The summed E-state index contributed by atoms with van der Waals surface area (Å²) in [6.45, 7) is 8.58. The van der Waals surface area contributed by atoms with Crippen LogP contribution in [-0.4, -0.2) is 69.6 Å². The van der Waals surface area contributed by atoms with Crippen molar-refractivity contribution in [3.05, 3.63) is 97.1 Å². The second-order valence-electron chi connectivity index (χ2n) is 14.1. The van der Waals surface area contributed by atoms with Gasteiger partial charge in [-0.25, -0.2) is 4.79 Å². The largest absolute Gasteiger partial charge is 0.444 e. The fraction of sp³-hybridized carbons (Fsp3) is 0.375. The van der Waals surface area contributed by atoms with Crippen molar-refractivity contribution in [3.63, 3.8) is 0 Å². The van der Waals surface area contributed by atoms with Crippen LogP contribution in [0.4, 0.5) is 27.5 Å². The molecule has 0 unspecified atom stereocenters. The van der Waals surface area contributed by atoms with Crippen LogP contribution in [0.25, 0.3) is 0 Å². The number of likely N-dealkylation sites (tertiary alicyclic amines) is 1. The fourth-order valence-electron chi connectivity index (χ4n) is 6.48. The maximum Gasteiger partial charge on any atom is 0.410 e. The minimum Gasteiger partial charge on any atom is -0.444 e. The molecule has 4 heterocycles. The molecule has 0 aliphatic carbocycles. The van der Waals surface area contributed by atoms with E-state index in [4.69, 9.17) is 8.92 Å². The number of carbonyl (C=O) groups is 1. The number of anilines is 4. The molecule has 0 atom stereocenters. The van der Waals surface area contributed by atoms with Gasteiger partial charge >= 0.3 is 6.09 Å². The lowest BCUT2D eigenvalue weighted by molar-refractivity contribution is 0.0134. The first kappa shape index (κ1) is 38.1. The molecule has 2 N–H and O–H groups in total. The number of fused-ring (bicyclic) bond motifs is 4. The summed E-state index contributed by atoms with van der Waals surface area (Å²) in [5, 5.41) is 6.89. The molecule has 4 aromatic rings. The van der Waals surface area contributed by atoms with Gasteiger partial charge < -0.3 is 25.2 Å². The number of para-hydroxylation sites is 4. The standard InChI is InChI=1S/C17H18N2S.C12H9NS.C11H21NO5S/c1-3-7-16-14(5-1)19(13-9-11-18-12-10-13)15-6-2-4-8-17(15)20-16;1-3-7-11-9(5-1)13-10-6-2-4-8-12(10)14-11;1-11(2,3)16-10(13)12-7-5-9(6-8-12)17-18(4,14)15/h1-8,13,18H,9-12H2;1-8,13H;9H,5-8H2,1-4H3. The third kappa shape index (κ3) is 10.3. The van der Waals surface area contributed by atoms with Crippen LogP contribution < -0.4 is 15.5 Å². The zero-order chi connectivity index (χ0) is 36.7. The van der Waals surface area contributed by atoms with Gasteiger partial charge in [-0.2, -0.15) is 8.42 Å². The highest BCUT2D eigenvalue weighted by Gasteiger charge is 2.30. The molecule has 4 aliphatic heterocycles. The lowest BCUT2D eigenvalue weighted by Crippen LogP contribution is -2.43. The molecule has 9 nitrogen and oxygen atoms in total. The van der Waals surface area contributed by atoms with Gasteiger partial charge in [0.05, 0.1) is 35.1 Å². The number of hydrogen-bond donors (Lipinski definition) is 2. The summed E-state index contributed by atoms with van der Waals surface area (Å²) in [5.41, 5.74) is 4.65. The van der Waals surface area contributed by atoms with E-state index in [0.29, 0.717) is 32.0 Å². The summed E-state index contributed by atoms with van der Waals surface area (Å²) >= 11 is 3.71. The van der Waals surface area contributed by atoms with Gasteiger partial charge in [0.15, 0.2) is 0 Å². The first-order valence-corrected chi connectivity index (χ1v) is 21.2. The summed E-state index contributed by atoms with van der Waals surface area (Å²) in [4.78, 5) is 21.3. The fourth-order valence-corrected chi connectivity index (χ4v) is 9.23. The van der Waals surface area contributed by atoms with Crippen molar-refractivity contribution in [1.82, 2.24) is 10.2 Å². The van der Waals surface area contributed by atoms with Crippen molar-refractivity contribution in [2.75, 3.05) is 42.7 Å². The number of benzene rings is 4. The number of carbonyl (C=O) groups excluding carboxylic acids is 1. The van der Waals surface area contributed by atoms with Gasteiger partial charge in [-0.1, -0.05) is 72.1 Å². The molecule has 2 saturated heterocycles. The predicted molar refractivity (Wildman–Crippen MR) is 212 cm³/mol. The Balaban J connectivity index is 0.000000136. The normalized spacial score (nSPS) is 17.0. The Bertz CT molecular complexity index is 1800. The number of piperidine rings is 2. The van der Waals surface area contributed by atoms with Gasteiger partial charge in [-0.3, -0.25) is 4.18 Å². The Labute approximate surface area is 317 Å². The number of amides is 1. The maximum atomic E-state index is 11.8. The van der Waals surface area contributed by atoms with Gasteiger partial charge in [0.1, 0.15) is 5.60 Å². The number of nitrogens with zero attached hydrogens (tertiary/aromatic N) is 2. The van der Waals surface area contributed by atoms with E-state index in [1.165, 1.54) is 55.2 Å². The predicted octanol–water partition coefficient (Wildman–Crippen LogP) is 9.30. The van der Waals surface area contributed by atoms with Crippen LogP contribution in [0, 0.1) is 0 Å². The van der Waals surface area contributed by atoms with Crippen LogP contribution in [0.3, 0.4) is 0 Å². The zero-order valence-electron chi connectivity index (χ0n) is 30.2. The minimum atomic E-state index is -3.42. The van der Waals surface area contributed by atoms with E-state index in [1.807, 2.05) is 44.3 Å². The molecule has 1 amide bonds. The van der Waals surface area contributed by atoms with Crippen LogP contribution in [0.15, 0.2) is 117 Å². The van der Waals surface area contributed by atoms with Gasteiger partial charge in [0, 0.05) is 38.7 Å². The lowest BCUT2D eigenvalue weighted by atomic mass is 10.0. The van der Waals surface area contributed by atoms with E-state index < -0.39 is 15.7 Å². The monoisotopic (exact) mass is 760 g/mol. The van der Waals surface area contributed by atoms with Crippen molar-refractivity contribution in [2.45, 2.75) is 83.8 Å². The molecule has 0 saturated carbocycles. The number of ether oxygens (including phenoxy) is 1. The summed E-state index contributed by atoms with van der Waals surface area (Å²) < 4.78 is 32.1. The zero-order valence-corrected chi connectivity index (χ0v) is 32.7. The van der Waals surface area contributed by atoms with Crippen molar-refractivity contribution < 1.29 is 22.1 Å². The summed E-state index contributed by atoms with van der Waals surface area (Å²) in [5.74, 6) is 0. The maximum absolute atomic E-state index is 11.8. The van der Waals surface area contributed by atoms with Crippen molar-refractivity contribution in [1.29, 1.82) is 0 Å². The Hall–Kier alpha value is -3.68. The molecule has 2 fully saturated rings. The molecule has 0 radical (unpaired) electrons. The lowest BCUT2D eigenvalue weighted by Gasteiger charge is -2.40. The van der Waals surface area contributed by atoms with E-state index in [0.717, 1.165) is 19.3 Å². The minimum absolute atomic E-state index is 0.335. The Morgan fingerprint density at radius 1 is 0.712 bits per heavy atom. The van der Waals surface area contributed by atoms with Crippen molar-refractivity contribution in [2.24, 2.45) is 0 Å². The van der Waals surface area contributed by atoms with Crippen LogP contribution in [-0.2, 0) is 19.0 Å². The molecule has 52 heavy (non-hydrogen) atoms. The molecule has 0 aromatic heterocycles. The molecule has 0 spiro atoms. The van der Waals surface area contributed by atoms with Crippen LogP contribution >= 0.6 is 23.5 Å². The van der Waals surface area contributed by atoms with Crippen molar-refractivity contribution in [3.8, 4) is 0 Å². The van der Waals surface area contributed by atoms with Crippen LogP contribution in [0.5, 0.6) is 0 Å². The van der Waals surface area contributed by atoms with Gasteiger partial charge in [-0.05, 0) is 108 Å². The third-order valence-corrected chi connectivity index (χ3v) is 11.7. The average Bonchev–Trinajstić information content (AvgIpc) is 3.13. The summed E-state index contributed by atoms with van der Waals surface area (Å²) in [7, 11) is -3.42. The van der Waals surface area contributed by atoms with E-state index in [2.05, 4.69) is 113 Å². The Kier molecular flexibility index (Phi) is 12.4. The SMILES string of the molecule is CC(C)(C)OC(=O)N1CCC(OS(C)(=O)=O)CC1.c1ccc2c(c1)Nc1ccccc1S2.c1ccc2c(c1)Sc1ccccc1N2C1CCNCC1. The van der Waals surface area contributed by atoms with Gasteiger partial charge in [-0.15, -0.1) is 0 Å². The number of nitrogens with one attached hydrogen (secondary N) is 2. The molecular formula is C40H48N4O5S3. The highest BCUT2D eigenvalue weighted by atomic mass is 32.2. The molecule has 12 heteroatoms. The number of rotatable bonds is 3. The van der Waals surface area contributed by atoms with Crippen LogP contribution in [0.1, 0.15) is 46.5 Å². The molecule has 8 rings (SSSR count). The third-order valence-electron chi connectivity index (χ3n) is 8.81. The molecule has 4 aliphatic rings. The first-order valence-electron chi connectivity index (χ1n) is 17.8. The smallest absolute Gasteiger partial charge is 0.410 e. The average molecular weight is 761 g/mol. The first-order chi connectivity index (χ1) is 24.9. The highest BCUT2D eigenvalue weighted by Crippen LogP contribution is 2.49. The second-order valence-corrected chi connectivity index (χ2v) is 17.8. The summed E-state index contributed by atoms with van der Waals surface area (Å²) in [6, 6.07) is 35.0. The van der Waals surface area contributed by atoms with Gasteiger partial charge in [0.2, 0.25) is 0 Å². The van der Waals surface area contributed by atoms with Gasteiger partial charge in [0.25, 0.3) is 10.1 Å². The molecule has 4 aromatic carbocycles. The van der Waals surface area contributed by atoms with Crippen molar-refractivity contribution >= 4 is 62.5 Å². The number of hydrogen-bond acceptors (Lipinski definition) is 10. The Morgan fingerprint density at radius 2 is 1.17 bits per heavy atom. The quantitative estimate of drug-likeness (QED) is 0.173. The second kappa shape index (κ2) is 17.0. The summed E-state index contributed by atoms with van der Waals surface area (Å²) in [6.07, 6.45) is 3.78. The van der Waals surface area contributed by atoms with Crippen LogP contribution in [0.2, 0.25) is 0 Å². The van der Waals surface area contributed by atoms with E-state index in [9.17, 15) is 13.2 Å². The highest BCUT2D eigenvalue weighted by molar-refractivity contribution is 8.00.